The standard InChI is InChI=1S/C18H22ClNO/c1-4-14(20)11-15-16(19)6-5-7-18(15)21-17-9-8-12(2)10-13(17)3/h5-10,14H,4,11,20H2,1-3H3. The quantitative estimate of drug-likeness (QED) is 0.841. The second-order valence-corrected chi connectivity index (χ2v) is 5.87. The van der Waals surface area contributed by atoms with E-state index in [0.717, 1.165) is 35.5 Å². The highest BCUT2D eigenvalue weighted by Crippen LogP contribution is 2.33. The van der Waals surface area contributed by atoms with E-state index in [0.29, 0.717) is 5.02 Å². The highest BCUT2D eigenvalue weighted by molar-refractivity contribution is 6.31. The summed E-state index contributed by atoms with van der Waals surface area (Å²) in [6, 6.07) is 12.0. The third-order valence-electron chi connectivity index (χ3n) is 3.62. The van der Waals surface area contributed by atoms with Gasteiger partial charge in [-0.15, -0.1) is 0 Å². The van der Waals surface area contributed by atoms with E-state index in [4.69, 9.17) is 22.1 Å². The SMILES string of the molecule is CCC(N)Cc1c(Cl)cccc1Oc1ccc(C)cc1C. The summed E-state index contributed by atoms with van der Waals surface area (Å²) in [5.74, 6) is 1.65. The van der Waals surface area contributed by atoms with Crippen LogP contribution in [-0.4, -0.2) is 6.04 Å². The summed E-state index contributed by atoms with van der Waals surface area (Å²) in [4.78, 5) is 0. The Hall–Kier alpha value is -1.51. The Balaban J connectivity index is 2.33. The molecule has 0 aliphatic heterocycles. The number of hydrogen-bond donors (Lipinski definition) is 1. The van der Waals surface area contributed by atoms with Gasteiger partial charge in [0, 0.05) is 16.6 Å². The van der Waals surface area contributed by atoms with Gasteiger partial charge in [0.15, 0.2) is 0 Å². The lowest BCUT2D eigenvalue weighted by Crippen LogP contribution is -2.21. The summed E-state index contributed by atoms with van der Waals surface area (Å²) in [5, 5.41) is 0.709. The minimum absolute atomic E-state index is 0.0892. The first kappa shape index (κ1) is 15.9. The maximum atomic E-state index is 6.33. The molecule has 2 nitrogen and oxygen atoms in total. The molecule has 2 N–H and O–H groups in total. The fourth-order valence-electron chi connectivity index (χ4n) is 2.27. The van der Waals surface area contributed by atoms with Gasteiger partial charge in [-0.1, -0.05) is 42.3 Å². The van der Waals surface area contributed by atoms with E-state index in [-0.39, 0.29) is 6.04 Å². The summed E-state index contributed by atoms with van der Waals surface area (Å²) in [6.07, 6.45) is 1.63. The van der Waals surface area contributed by atoms with Gasteiger partial charge < -0.3 is 10.5 Å². The second-order valence-electron chi connectivity index (χ2n) is 5.46. The number of aryl methyl sites for hydroxylation is 2. The molecule has 21 heavy (non-hydrogen) atoms. The lowest BCUT2D eigenvalue weighted by molar-refractivity contribution is 0.468. The van der Waals surface area contributed by atoms with Gasteiger partial charge in [-0.05, 0) is 50.5 Å². The lowest BCUT2D eigenvalue weighted by Gasteiger charge is -2.16. The van der Waals surface area contributed by atoms with Crippen LogP contribution in [0, 0.1) is 13.8 Å². The zero-order valence-corrected chi connectivity index (χ0v) is 13.6. The summed E-state index contributed by atoms with van der Waals surface area (Å²) >= 11 is 6.33. The van der Waals surface area contributed by atoms with Crippen LogP contribution in [0.5, 0.6) is 11.5 Å². The zero-order valence-electron chi connectivity index (χ0n) is 12.8. The van der Waals surface area contributed by atoms with Crippen LogP contribution in [0.25, 0.3) is 0 Å². The first-order valence-electron chi connectivity index (χ1n) is 7.29. The van der Waals surface area contributed by atoms with Gasteiger partial charge >= 0.3 is 0 Å². The third-order valence-corrected chi connectivity index (χ3v) is 3.97. The van der Waals surface area contributed by atoms with Gasteiger partial charge in [0.05, 0.1) is 0 Å². The Morgan fingerprint density at radius 1 is 1.14 bits per heavy atom. The fraction of sp³-hybridized carbons (Fsp3) is 0.333. The molecule has 0 saturated carbocycles. The molecule has 0 heterocycles. The fourth-order valence-corrected chi connectivity index (χ4v) is 2.51. The topological polar surface area (TPSA) is 35.2 Å². The Morgan fingerprint density at radius 3 is 2.57 bits per heavy atom. The summed E-state index contributed by atoms with van der Waals surface area (Å²) in [7, 11) is 0. The van der Waals surface area contributed by atoms with E-state index in [2.05, 4.69) is 19.9 Å². The predicted molar refractivity (Wildman–Crippen MR) is 89.4 cm³/mol. The highest BCUT2D eigenvalue weighted by atomic mass is 35.5. The zero-order chi connectivity index (χ0) is 15.4. The van der Waals surface area contributed by atoms with Crippen molar-refractivity contribution in [1.29, 1.82) is 0 Å². The molecule has 2 aromatic carbocycles. The molecule has 2 aromatic rings. The number of ether oxygens (including phenoxy) is 1. The molecule has 112 valence electrons. The molecule has 0 aromatic heterocycles. The Kier molecular flexibility index (Phi) is 5.27. The van der Waals surface area contributed by atoms with Gasteiger partial charge in [0.25, 0.3) is 0 Å². The van der Waals surface area contributed by atoms with Crippen molar-refractivity contribution in [3.63, 3.8) is 0 Å². The average molecular weight is 304 g/mol. The van der Waals surface area contributed by atoms with Crippen molar-refractivity contribution < 1.29 is 4.74 Å². The molecule has 1 unspecified atom stereocenters. The third kappa shape index (κ3) is 3.99. The van der Waals surface area contributed by atoms with Crippen LogP contribution in [0.4, 0.5) is 0 Å². The molecule has 0 bridgehead atoms. The van der Waals surface area contributed by atoms with Crippen LogP contribution >= 0.6 is 11.6 Å². The number of nitrogens with two attached hydrogens (primary N) is 1. The molecular formula is C18H22ClNO. The molecule has 1 atom stereocenters. The van der Waals surface area contributed by atoms with Crippen molar-refractivity contribution in [2.24, 2.45) is 5.73 Å². The first-order chi connectivity index (χ1) is 10.0. The van der Waals surface area contributed by atoms with Gasteiger partial charge in [-0.3, -0.25) is 0 Å². The molecule has 0 radical (unpaired) electrons. The van der Waals surface area contributed by atoms with E-state index >= 15 is 0 Å². The molecule has 0 aliphatic rings. The molecule has 0 fully saturated rings. The summed E-state index contributed by atoms with van der Waals surface area (Å²) in [5.41, 5.74) is 9.39. The molecule has 2 rings (SSSR count). The summed E-state index contributed by atoms with van der Waals surface area (Å²) in [6.45, 7) is 6.19. The number of benzene rings is 2. The largest absolute Gasteiger partial charge is 0.457 e. The van der Waals surface area contributed by atoms with Crippen molar-refractivity contribution in [2.75, 3.05) is 0 Å². The van der Waals surface area contributed by atoms with E-state index in [1.807, 2.05) is 37.3 Å². The Labute approximate surface area is 131 Å². The Morgan fingerprint density at radius 2 is 1.90 bits per heavy atom. The van der Waals surface area contributed by atoms with Crippen molar-refractivity contribution >= 4 is 11.6 Å². The van der Waals surface area contributed by atoms with E-state index in [1.54, 1.807) is 0 Å². The van der Waals surface area contributed by atoms with E-state index in [9.17, 15) is 0 Å². The monoisotopic (exact) mass is 303 g/mol. The molecule has 0 aliphatic carbocycles. The first-order valence-corrected chi connectivity index (χ1v) is 7.67. The molecule has 0 amide bonds. The minimum atomic E-state index is 0.0892. The second kappa shape index (κ2) is 6.97. The number of halogens is 1. The van der Waals surface area contributed by atoms with Crippen LogP contribution < -0.4 is 10.5 Å². The highest BCUT2D eigenvalue weighted by Gasteiger charge is 2.13. The smallest absolute Gasteiger partial charge is 0.132 e. The maximum Gasteiger partial charge on any atom is 0.132 e. The van der Waals surface area contributed by atoms with Crippen molar-refractivity contribution in [3.05, 3.63) is 58.1 Å². The normalized spacial score (nSPS) is 12.2. The van der Waals surface area contributed by atoms with Gasteiger partial charge in [0.1, 0.15) is 11.5 Å². The predicted octanol–water partition coefficient (Wildman–Crippen LogP) is 5.03. The van der Waals surface area contributed by atoms with Crippen LogP contribution in [0.15, 0.2) is 36.4 Å². The molecule has 0 spiro atoms. The van der Waals surface area contributed by atoms with Crippen molar-refractivity contribution in [2.45, 2.75) is 39.7 Å². The van der Waals surface area contributed by atoms with Crippen LogP contribution in [0.1, 0.15) is 30.0 Å². The summed E-state index contributed by atoms with van der Waals surface area (Å²) < 4.78 is 6.08. The van der Waals surface area contributed by atoms with Gasteiger partial charge in [-0.2, -0.15) is 0 Å². The average Bonchev–Trinajstić information content (AvgIpc) is 2.45. The molecule has 0 saturated heterocycles. The van der Waals surface area contributed by atoms with Crippen LogP contribution in [0.2, 0.25) is 5.02 Å². The molecule has 3 heteroatoms. The molecular weight excluding hydrogens is 282 g/mol. The van der Waals surface area contributed by atoms with Crippen LogP contribution in [0.3, 0.4) is 0 Å². The van der Waals surface area contributed by atoms with Crippen LogP contribution in [-0.2, 0) is 6.42 Å². The van der Waals surface area contributed by atoms with Crippen molar-refractivity contribution in [3.8, 4) is 11.5 Å². The van der Waals surface area contributed by atoms with E-state index in [1.165, 1.54) is 5.56 Å². The number of hydrogen-bond acceptors (Lipinski definition) is 2. The van der Waals surface area contributed by atoms with Gasteiger partial charge in [-0.25, -0.2) is 0 Å². The minimum Gasteiger partial charge on any atom is -0.457 e. The van der Waals surface area contributed by atoms with Crippen molar-refractivity contribution in [1.82, 2.24) is 0 Å². The Bertz CT molecular complexity index is 625. The van der Waals surface area contributed by atoms with E-state index < -0.39 is 0 Å². The lowest BCUT2D eigenvalue weighted by atomic mass is 10.0. The maximum absolute atomic E-state index is 6.33. The van der Waals surface area contributed by atoms with Gasteiger partial charge in [0.2, 0.25) is 0 Å². The number of rotatable bonds is 5.